The summed E-state index contributed by atoms with van der Waals surface area (Å²) in [6, 6.07) is 20.9. The van der Waals surface area contributed by atoms with Crippen LogP contribution in [0.25, 0.3) is 11.0 Å². The molecule has 1 aliphatic rings. The van der Waals surface area contributed by atoms with Gasteiger partial charge in [-0.2, -0.15) is 0 Å². The van der Waals surface area contributed by atoms with Crippen molar-refractivity contribution in [2.75, 3.05) is 12.1 Å². The fourth-order valence-corrected chi connectivity index (χ4v) is 3.51. The number of nitrogens with one attached hydrogen (secondary N) is 1. The highest BCUT2D eigenvalue weighted by Gasteiger charge is 2.17. The third kappa shape index (κ3) is 4.02. The van der Waals surface area contributed by atoms with E-state index in [1.165, 1.54) is 5.56 Å². The summed E-state index contributed by atoms with van der Waals surface area (Å²) < 4.78 is 18.5. The summed E-state index contributed by atoms with van der Waals surface area (Å²) in [5, 5.41) is 2.92. The van der Waals surface area contributed by atoms with Crippen molar-refractivity contribution >= 4 is 22.6 Å². The second-order valence-electron chi connectivity index (χ2n) is 7.32. The molecule has 0 radical (unpaired) electrons. The summed E-state index contributed by atoms with van der Waals surface area (Å²) in [5.74, 6) is 2.57. The Kier molecular flexibility index (Phi) is 4.92. The zero-order valence-electron chi connectivity index (χ0n) is 17.0. The minimum Gasteiger partial charge on any atom is -0.486 e. The predicted octanol–water partition coefficient (Wildman–Crippen LogP) is 4.29. The number of nitrogens with zero attached hydrogens (tertiary/aromatic N) is 2. The molecule has 0 fully saturated rings. The van der Waals surface area contributed by atoms with E-state index in [0.29, 0.717) is 23.0 Å². The Morgan fingerprint density at radius 1 is 1.06 bits per heavy atom. The quantitative estimate of drug-likeness (QED) is 0.508. The van der Waals surface area contributed by atoms with Crippen LogP contribution in [0, 0.1) is 6.92 Å². The van der Waals surface area contributed by atoms with Gasteiger partial charge < -0.3 is 24.1 Å². The Bertz CT molecular complexity index is 1250. The van der Waals surface area contributed by atoms with Crippen LogP contribution in [0.1, 0.15) is 11.4 Å². The van der Waals surface area contributed by atoms with Crippen molar-refractivity contribution < 1.29 is 19.0 Å². The second kappa shape index (κ2) is 8.02. The molecule has 5 rings (SSSR count). The van der Waals surface area contributed by atoms with E-state index in [2.05, 4.69) is 10.3 Å². The zero-order valence-corrected chi connectivity index (χ0v) is 17.0. The van der Waals surface area contributed by atoms with Crippen LogP contribution in [-0.4, -0.2) is 22.3 Å². The molecular formula is C24H21N3O4. The first-order valence-electron chi connectivity index (χ1n) is 9.99. The molecule has 0 atom stereocenters. The first kappa shape index (κ1) is 19.0. The van der Waals surface area contributed by atoms with Gasteiger partial charge in [0, 0.05) is 11.8 Å². The molecular weight excluding hydrogens is 394 g/mol. The van der Waals surface area contributed by atoms with E-state index in [1.54, 1.807) is 18.2 Å². The standard InChI is InChI=1S/C24H21N3O4/c1-16-6-9-18(10-7-16)29-14-23-26-19-4-2-3-5-20(19)27(23)13-24(28)25-17-8-11-21-22(12-17)31-15-30-21/h2-12H,13-15H2,1H3,(H,25,28). The molecule has 3 aromatic carbocycles. The van der Waals surface area contributed by atoms with Crippen molar-refractivity contribution in [1.29, 1.82) is 0 Å². The number of fused-ring (bicyclic) bond motifs is 2. The smallest absolute Gasteiger partial charge is 0.244 e. The van der Waals surface area contributed by atoms with Crippen molar-refractivity contribution in [3.8, 4) is 17.2 Å². The molecule has 1 aliphatic heterocycles. The number of amides is 1. The van der Waals surface area contributed by atoms with Crippen molar-refractivity contribution in [2.24, 2.45) is 0 Å². The fourth-order valence-electron chi connectivity index (χ4n) is 3.51. The van der Waals surface area contributed by atoms with Crippen molar-refractivity contribution in [3.05, 3.63) is 78.1 Å². The molecule has 2 heterocycles. The molecule has 0 saturated heterocycles. The largest absolute Gasteiger partial charge is 0.486 e. The lowest BCUT2D eigenvalue weighted by Crippen LogP contribution is -2.20. The maximum absolute atomic E-state index is 12.8. The SMILES string of the molecule is Cc1ccc(OCc2nc3ccccc3n2CC(=O)Nc2ccc3c(c2)OCO3)cc1. The van der Waals surface area contributed by atoms with Gasteiger partial charge in [0.15, 0.2) is 11.5 Å². The first-order valence-corrected chi connectivity index (χ1v) is 9.99. The highest BCUT2D eigenvalue weighted by atomic mass is 16.7. The highest BCUT2D eigenvalue weighted by Crippen LogP contribution is 2.34. The Morgan fingerprint density at radius 3 is 2.74 bits per heavy atom. The highest BCUT2D eigenvalue weighted by molar-refractivity contribution is 5.92. The lowest BCUT2D eigenvalue weighted by atomic mass is 10.2. The third-order valence-corrected chi connectivity index (χ3v) is 5.08. The van der Waals surface area contributed by atoms with Crippen molar-refractivity contribution in [3.63, 3.8) is 0 Å². The summed E-state index contributed by atoms with van der Waals surface area (Å²) in [5.41, 5.74) is 3.52. The Hall–Kier alpha value is -4.00. The Balaban J connectivity index is 1.35. The maximum atomic E-state index is 12.8. The van der Waals surface area contributed by atoms with Gasteiger partial charge in [-0.15, -0.1) is 0 Å². The number of rotatable bonds is 6. The molecule has 0 bridgehead atoms. The molecule has 1 amide bonds. The van der Waals surface area contributed by atoms with Gasteiger partial charge in [-0.3, -0.25) is 4.79 Å². The van der Waals surface area contributed by atoms with E-state index in [-0.39, 0.29) is 25.9 Å². The molecule has 0 aliphatic carbocycles. The molecule has 1 aromatic heterocycles. The molecule has 0 spiro atoms. The molecule has 0 unspecified atom stereocenters. The minimum atomic E-state index is -0.168. The van der Waals surface area contributed by atoms with E-state index in [9.17, 15) is 4.79 Å². The van der Waals surface area contributed by atoms with Crippen LogP contribution in [0.5, 0.6) is 17.2 Å². The van der Waals surface area contributed by atoms with Gasteiger partial charge in [0.2, 0.25) is 12.7 Å². The number of carbonyl (C=O) groups excluding carboxylic acids is 1. The number of para-hydroxylation sites is 2. The summed E-state index contributed by atoms with van der Waals surface area (Å²) in [6.45, 7) is 2.59. The lowest BCUT2D eigenvalue weighted by molar-refractivity contribution is -0.116. The topological polar surface area (TPSA) is 74.6 Å². The van der Waals surface area contributed by atoms with Crippen LogP contribution < -0.4 is 19.5 Å². The number of hydrogen-bond acceptors (Lipinski definition) is 5. The van der Waals surface area contributed by atoms with Gasteiger partial charge in [0.05, 0.1) is 11.0 Å². The molecule has 4 aromatic rings. The Labute approximate surface area is 179 Å². The van der Waals surface area contributed by atoms with Gasteiger partial charge in [0.25, 0.3) is 0 Å². The van der Waals surface area contributed by atoms with Crippen LogP contribution in [-0.2, 0) is 17.9 Å². The van der Waals surface area contributed by atoms with Gasteiger partial charge in [-0.25, -0.2) is 4.98 Å². The van der Waals surface area contributed by atoms with E-state index in [4.69, 9.17) is 14.2 Å². The van der Waals surface area contributed by atoms with Crippen LogP contribution in [0.3, 0.4) is 0 Å². The molecule has 7 nitrogen and oxygen atoms in total. The average molecular weight is 415 g/mol. The van der Waals surface area contributed by atoms with Crippen LogP contribution in [0.4, 0.5) is 5.69 Å². The van der Waals surface area contributed by atoms with Gasteiger partial charge in [-0.05, 0) is 43.3 Å². The predicted molar refractivity (Wildman–Crippen MR) is 116 cm³/mol. The minimum absolute atomic E-state index is 0.113. The number of benzene rings is 3. The second-order valence-corrected chi connectivity index (χ2v) is 7.32. The number of hydrogen-bond donors (Lipinski definition) is 1. The monoisotopic (exact) mass is 415 g/mol. The van der Waals surface area contributed by atoms with Crippen molar-refractivity contribution in [2.45, 2.75) is 20.1 Å². The summed E-state index contributed by atoms with van der Waals surface area (Å²) in [4.78, 5) is 17.5. The Morgan fingerprint density at radius 2 is 1.87 bits per heavy atom. The van der Waals surface area contributed by atoms with Crippen LogP contribution in [0.15, 0.2) is 66.7 Å². The number of aromatic nitrogens is 2. The van der Waals surface area contributed by atoms with Crippen molar-refractivity contribution in [1.82, 2.24) is 9.55 Å². The molecule has 7 heteroatoms. The van der Waals surface area contributed by atoms with E-state index in [0.717, 1.165) is 16.8 Å². The fraction of sp³-hybridized carbons (Fsp3) is 0.167. The van der Waals surface area contributed by atoms with Gasteiger partial charge in [0.1, 0.15) is 24.7 Å². The zero-order chi connectivity index (χ0) is 21.2. The summed E-state index contributed by atoms with van der Waals surface area (Å²) >= 11 is 0. The maximum Gasteiger partial charge on any atom is 0.244 e. The number of carbonyl (C=O) groups is 1. The van der Waals surface area contributed by atoms with E-state index >= 15 is 0 Å². The number of imidazole rings is 1. The average Bonchev–Trinajstić information content (AvgIpc) is 3.38. The molecule has 1 N–H and O–H groups in total. The van der Waals surface area contributed by atoms with E-state index in [1.807, 2.05) is 60.0 Å². The number of aryl methyl sites for hydroxylation is 1. The number of anilines is 1. The third-order valence-electron chi connectivity index (χ3n) is 5.08. The molecule has 31 heavy (non-hydrogen) atoms. The molecule has 0 saturated carbocycles. The van der Waals surface area contributed by atoms with E-state index < -0.39 is 0 Å². The summed E-state index contributed by atoms with van der Waals surface area (Å²) in [6.07, 6.45) is 0. The summed E-state index contributed by atoms with van der Waals surface area (Å²) in [7, 11) is 0. The van der Waals surface area contributed by atoms with Crippen LogP contribution in [0.2, 0.25) is 0 Å². The lowest BCUT2D eigenvalue weighted by Gasteiger charge is -2.11. The number of ether oxygens (including phenoxy) is 3. The van der Waals surface area contributed by atoms with Gasteiger partial charge >= 0.3 is 0 Å². The van der Waals surface area contributed by atoms with Gasteiger partial charge in [-0.1, -0.05) is 29.8 Å². The molecule has 156 valence electrons. The normalized spacial score (nSPS) is 12.2. The van der Waals surface area contributed by atoms with Crippen LogP contribution >= 0.6 is 0 Å². The first-order chi connectivity index (χ1) is 15.2.